The Kier molecular flexibility index (Phi) is 3.48. The number of aromatic nitrogens is 4. The van der Waals surface area contributed by atoms with Crippen molar-refractivity contribution >= 4 is 28.8 Å². The van der Waals surface area contributed by atoms with Crippen LogP contribution in [-0.4, -0.2) is 32.4 Å². The molecule has 2 aromatic heterocycles. The number of halogens is 1. The molecule has 0 spiro atoms. The summed E-state index contributed by atoms with van der Waals surface area (Å²) in [7, 11) is 0. The zero-order valence-electron chi connectivity index (χ0n) is 9.99. The van der Waals surface area contributed by atoms with Crippen LogP contribution in [0.2, 0.25) is 4.47 Å². The average Bonchev–Trinajstić information content (AvgIpc) is 2.98. The van der Waals surface area contributed by atoms with Gasteiger partial charge in [0, 0.05) is 12.7 Å². The monoisotopic (exact) mass is 297 g/mol. The molecule has 1 aliphatic carbocycles. The minimum atomic E-state index is -0.103. The molecule has 19 heavy (non-hydrogen) atoms. The molecule has 0 bridgehead atoms. The predicted molar refractivity (Wildman–Crippen MR) is 71.2 cm³/mol. The van der Waals surface area contributed by atoms with Gasteiger partial charge in [0.2, 0.25) is 0 Å². The largest absolute Gasteiger partial charge is 0.351 e. The number of rotatable bonds is 4. The fourth-order valence-corrected chi connectivity index (χ4v) is 3.03. The van der Waals surface area contributed by atoms with Gasteiger partial charge in [-0.2, -0.15) is 0 Å². The summed E-state index contributed by atoms with van der Waals surface area (Å²) in [6.07, 6.45) is 7.10. The quantitative estimate of drug-likeness (QED) is 0.933. The normalized spacial score (nSPS) is 21.9. The van der Waals surface area contributed by atoms with Crippen LogP contribution in [-0.2, 0) is 0 Å². The van der Waals surface area contributed by atoms with Crippen LogP contribution in [0.3, 0.4) is 0 Å². The highest BCUT2D eigenvalue weighted by Gasteiger charge is 2.31. The molecule has 8 heteroatoms. The third-order valence-electron chi connectivity index (χ3n) is 3.28. The van der Waals surface area contributed by atoms with Gasteiger partial charge in [-0.3, -0.25) is 4.79 Å². The fourth-order valence-electron chi connectivity index (χ4n) is 2.18. The molecular weight excluding hydrogens is 286 g/mol. The van der Waals surface area contributed by atoms with E-state index in [0.29, 0.717) is 27.8 Å². The molecule has 2 heterocycles. The van der Waals surface area contributed by atoms with Crippen molar-refractivity contribution in [1.82, 2.24) is 25.3 Å². The molecule has 0 atom stereocenters. The second-order valence-electron chi connectivity index (χ2n) is 4.56. The highest BCUT2D eigenvalue weighted by molar-refractivity contribution is 7.17. The summed E-state index contributed by atoms with van der Waals surface area (Å²) in [4.78, 5) is 16.2. The maximum absolute atomic E-state index is 11.8. The van der Waals surface area contributed by atoms with Gasteiger partial charge in [0.1, 0.15) is 4.88 Å². The summed E-state index contributed by atoms with van der Waals surface area (Å²) >= 11 is 6.89. The van der Waals surface area contributed by atoms with Crippen LogP contribution in [0, 0.1) is 5.92 Å². The highest BCUT2D eigenvalue weighted by atomic mass is 35.5. The van der Waals surface area contributed by atoms with Crippen molar-refractivity contribution in [3.05, 3.63) is 27.9 Å². The molecule has 2 aromatic rings. The van der Waals surface area contributed by atoms with Crippen molar-refractivity contribution in [3.8, 4) is 0 Å². The van der Waals surface area contributed by atoms with E-state index in [1.54, 1.807) is 6.20 Å². The maximum Gasteiger partial charge on any atom is 0.263 e. The summed E-state index contributed by atoms with van der Waals surface area (Å²) in [5, 5.41) is 10.7. The maximum atomic E-state index is 11.8. The molecule has 1 aliphatic rings. The van der Waals surface area contributed by atoms with Crippen molar-refractivity contribution in [2.75, 3.05) is 6.54 Å². The van der Waals surface area contributed by atoms with Gasteiger partial charge in [-0.25, -0.2) is 9.67 Å². The summed E-state index contributed by atoms with van der Waals surface area (Å²) in [6, 6.07) is 0.419. The lowest BCUT2D eigenvalue weighted by molar-refractivity contribution is 0.0926. The Labute approximate surface area is 118 Å². The van der Waals surface area contributed by atoms with Crippen molar-refractivity contribution < 1.29 is 4.79 Å². The summed E-state index contributed by atoms with van der Waals surface area (Å²) in [5.74, 6) is 0.398. The topological polar surface area (TPSA) is 72.7 Å². The van der Waals surface area contributed by atoms with Crippen molar-refractivity contribution in [2.24, 2.45) is 5.92 Å². The van der Waals surface area contributed by atoms with Gasteiger partial charge in [0.05, 0.1) is 18.4 Å². The SMILES string of the molecule is O=C(NCC1CC(n2ccnn2)C1)c1cnc(Cl)s1. The Balaban J connectivity index is 1.44. The molecule has 3 rings (SSSR count). The summed E-state index contributed by atoms with van der Waals surface area (Å²) < 4.78 is 2.27. The molecule has 1 saturated carbocycles. The molecular formula is C11H12ClN5OS. The van der Waals surface area contributed by atoms with Crippen LogP contribution >= 0.6 is 22.9 Å². The highest BCUT2D eigenvalue weighted by Crippen LogP contribution is 2.36. The third kappa shape index (κ3) is 2.76. The second-order valence-corrected chi connectivity index (χ2v) is 6.17. The van der Waals surface area contributed by atoms with E-state index in [1.165, 1.54) is 17.5 Å². The van der Waals surface area contributed by atoms with Gasteiger partial charge < -0.3 is 5.32 Å². The van der Waals surface area contributed by atoms with E-state index in [-0.39, 0.29) is 5.91 Å². The zero-order chi connectivity index (χ0) is 13.2. The molecule has 100 valence electrons. The Morgan fingerprint density at radius 3 is 3.05 bits per heavy atom. The molecule has 0 aromatic carbocycles. The standard InChI is InChI=1S/C11H12ClN5OS/c12-11-14-6-9(19-11)10(18)13-5-7-3-8(4-7)17-2-1-15-16-17/h1-2,6-8H,3-5H2,(H,13,18). The number of thiazole rings is 1. The average molecular weight is 298 g/mol. The smallest absolute Gasteiger partial charge is 0.263 e. The number of hydrogen-bond acceptors (Lipinski definition) is 5. The van der Waals surface area contributed by atoms with Crippen molar-refractivity contribution in [1.29, 1.82) is 0 Å². The number of hydrogen-bond donors (Lipinski definition) is 1. The number of nitrogens with one attached hydrogen (secondary N) is 1. The zero-order valence-corrected chi connectivity index (χ0v) is 11.6. The van der Waals surface area contributed by atoms with Gasteiger partial charge in [0.25, 0.3) is 5.91 Å². The van der Waals surface area contributed by atoms with E-state index in [1.807, 2.05) is 10.9 Å². The molecule has 0 aliphatic heterocycles. The first kappa shape index (κ1) is 12.6. The first-order chi connectivity index (χ1) is 9.22. The lowest BCUT2D eigenvalue weighted by Gasteiger charge is -2.34. The number of nitrogens with zero attached hydrogens (tertiary/aromatic N) is 4. The first-order valence-electron chi connectivity index (χ1n) is 5.97. The van der Waals surface area contributed by atoms with Crippen LogP contribution in [0.1, 0.15) is 28.6 Å². The number of amides is 1. The van der Waals surface area contributed by atoms with Gasteiger partial charge in [0.15, 0.2) is 4.47 Å². The molecule has 1 amide bonds. The molecule has 0 radical (unpaired) electrons. The molecule has 0 unspecified atom stereocenters. The summed E-state index contributed by atoms with van der Waals surface area (Å²) in [6.45, 7) is 0.680. The van der Waals surface area contributed by atoms with Crippen LogP contribution < -0.4 is 5.32 Å². The molecule has 6 nitrogen and oxygen atoms in total. The van der Waals surface area contributed by atoms with Gasteiger partial charge in [-0.15, -0.1) is 5.10 Å². The van der Waals surface area contributed by atoms with Crippen LogP contribution in [0.4, 0.5) is 0 Å². The minimum Gasteiger partial charge on any atom is -0.351 e. The van der Waals surface area contributed by atoms with Crippen LogP contribution in [0.5, 0.6) is 0 Å². The van der Waals surface area contributed by atoms with Gasteiger partial charge in [-0.05, 0) is 18.8 Å². The van der Waals surface area contributed by atoms with E-state index in [0.717, 1.165) is 12.8 Å². The van der Waals surface area contributed by atoms with E-state index >= 15 is 0 Å². The van der Waals surface area contributed by atoms with E-state index in [4.69, 9.17) is 11.6 Å². The van der Waals surface area contributed by atoms with E-state index < -0.39 is 0 Å². The Hall–Kier alpha value is -1.47. The second kappa shape index (κ2) is 5.26. The lowest BCUT2D eigenvalue weighted by Crippen LogP contribution is -2.37. The van der Waals surface area contributed by atoms with Crippen LogP contribution in [0.25, 0.3) is 0 Å². The van der Waals surface area contributed by atoms with Crippen LogP contribution in [0.15, 0.2) is 18.6 Å². The van der Waals surface area contributed by atoms with Crippen molar-refractivity contribution in [2.45, 2.75) is 18.9 Å². The van der Waals surface area contributed by atoms with Crippen molar-refractivity contribution in [3.63, 3.8) is 0 Å². The van der Waals surface area contributed by atoms with E-state index in [2.05, 4.69) is 20.6 Å². The van der Waals surface area contributed by atoms with Gasteiger partial charge >= 0.3 is 0 Å². The van der Waals surface area contributed by atoms with E-state index in [9.17, 15) is 4.79 Å². The Morgan fingerprint density at radius 1 is 1.58 bits per heavy atom. The first-order valence-corrected chi connectivity index (χ1v) is 7.17. The summed E-state index contributed by atoms with van der Waals surface area (Å²) in [5.41, 5.74) is 0. The fraction of sp³-hybridized carbons (Fsp3) is 0.455. The minimum absolute atomic E-state index is 0.103. The molecule has 0 saturated heterocycles. The third-order valence-corrected chi connectivity index (χ3v) is 4.39. The van der Waals surface area contributed by atoms with Gasteiger partial charge in [-0.1, -0.05) is 28.2 Å². The number of carbonyl (C=O) groups excluding carboxylic acids is 1. The Bertz CT molecular complexity index is 563. The lowest BCUT2D eigenvalue weighted by atomic mass is 9.80. The number of carbonyl (C=O) groups is 1. The predicted octanol–water partition coefficient (Wildman–Crippen LogP) is 1.77. The molecule has 1 N–H and O–H groups in total. The Morgan fingerprint density at radius 2 is 2.42 bits per heavy atom. The molecule has 1 fully saturated rings.